The van der Waals surface area contributed by atoms with Gasteiger partial charge in [-0.1, -0.05) is 18.2 Å². The van der Waals surface area contributed by atoms with Crippen molar-refractivity contribution in [1.29, 1.82) is 0 Å². The highest BCUT2D eigenvalue weighted by Crippen LogP contribution is 2.44. The molecule has 6 N–H and O–H groups in total. The summed E-state index contributed by atoms with van der Waals surface area (Å²) in [5.74, 6) is -0.629. The van der Waals surface area contributed by atoms with E-state index in [1.54, 1.807) is 30.3 Å². The molecule has 274 valence electrons. The SMILES string of the molecule is CON(c1ccc(N=Nc2ccc(N=Nc3c(S(=O)(=O)O)cc4ccc(N)cc4c3O)c3c2CC=C(S(=O)(=O)O)C3)cc1)c1cccc(S(=O)(=O)O)c1. The molecule has 1 aliphatic carbocycles. The van der Waals surface area contributed by atoms with Crippen molar-refractivity contribution in [3.05, 3.63) is 107 Å². The first-order valence-corrected chi connectivity index (χ1v) is 19.5. The maximum absolute atomic E-state index is 12.3. The van der Waals surface area contributed by atoms with Crippen LogP contribution in [0.3, 0.4) is 0 Å². The Kier molecular flexibility index (Phi) is 9.87. The predicted octanol–water partition coefficient (Wildman–Crippen LogP) is 7.02. The average Bonchev–Trinajstić information content (AvgIpc) is 3.10. The molecule has 0 saturated heterocycles. The Morgan fingerprint density at radius 1 is 0.717 bits per heavy atom. The first kappa shape index (κ1) is 37.2. The Hall–Kier alpha value is -5.61. The number of azo groups is 2. The van der Waals surface area contributed by atoms with E-state index < -0.39 is 46.7 Å². The summed E-state index contributed by atoms with van der Waals surface area (Å²) >= 11 is 0. The van der Waals surface area contributed by atoms with Gasteiger partial charge in [0.2, 0.25) is 0 Å². The molecule has 20 heteroatoms. The molecular weight excluding hydrogens is 753 g/mol. The van der Waals surface area contributed by atoms with Gasteiger partial charge in [0.15, 0.2) is 5.75 Å². The number of allylic oxidation sites excluding steroid dienone is 2. The lowest BCUT2D eigenvalue weighted by molar-refractivity contribution is 0.201. The van der Waals surface area contributed by atoms with E-state index in [-0.39, 0.29) is 50.4 Å². The molecule has 0 amide bonds. The second-order valence-electron chi connectivity index (χ2n) is 11.5. The molecule has 0 bridgehead atoms. The molecule has 5 aromatic rings. The van der Waals surface area contributed by atoms with E-state index in [9.17, 15) is 44.0 Å². The fourth-order valence-electron chi connectivity index (χ4n) is 5.59. The lowest BCUT2D eigenvalue weighted by Gasteiger charge is -2.22. The summed E-state index contributed by atoms with van der Waals surface area (Å²) in [6, 6.07) is 20.2. The standard InChI is InChI=1S/C33H28N6O11S3/c1-50-39(23-3-2-4-24(17-23)51(41,42)43)22-9-7-21(8-10-22)35-36-29-13-14-30(28-18-25(52(44,45)46)11-12-26(28)29)37-38-32-31(53(47,48)49)15-19-5-6-20(34)16-27(19)33(32)40/h2-11,13-17,40H,12,18,34H2,1H3,(H,41,42,43)(H,44,45,46)(H,47,48,49). The van der Waals surface area contributed by atoms with E-state index in [2.05, 4.69) is 20.5 Å². The largest absolute Gasteiger partial charge is 0.505 e. The fourth-order valence-corrected chi connectivity index (χ4v) is 7.39. The van der Waals surface area contributed by atoms with Gasteiger partial charge in [-0.2, -0.15) is 40.6 Å². The lowest BCUT2D eigenvalue weighted by atomic mass is 9.93. The number of phenolic OH excluding ortho intramolecular Hbond substituents is 1. The van der Waals surface area contributed by atoms with E-state index in [0.29, 0.717) is 28.3 Å². The van der Waals surface area contributed by atoms with Gasteiger partial charge in [0.1, 0.15) is 10.6 Å². The van der Waals surface area contributed by atoms with Gasteiger partial charge in [0, 0.05) is 17.5 Å². The van der Waals surface area contributed by atoms with Crippen LogP contribution in [0, 0.1) is 0 Å². The van der Waals surface area contributed by atoms with Crippen molar-refractivity contribution in [1.82, 2.24) is 0 Å². The number of nitrogens with zero attached hydrogens (tertiary/aromatic N) is 5. The summed E-state index contributed by atoms with van der Waals surface area (Å²) in [5.41, 5.74) is 7.75. The second kappa shape index (κ2) is 14.1. The number of hydrogen-bond acceptors (Lipinski definition) is 14. The number of rotatable bonds is 10. The highest BCUT2D eigenvalue weighted by Gasteiger charge is 2.26. The third-order valence-electron chi connectivity index (χ3n) is 8.10. The van der Waals surface area contributed by atoms with Gasteiger partial charge in [-0.05, 0) is 95.7 Å². The number of nitrogen functional groups attached to an aromatic ring is 1. The highest BCUT2D eigenvalue weighted by molar-refractivity contribution is 7.89. The van der Waals surface area contributed by atoms with Crippen LogP contribution in [0.15, 0.2) is 126 Å². The average molecular weight is 781 g/mol. The molecule has 17 nitrogen and oxygen atoms in total. The molecule has 0 unspecified atom stereocenters. The molecular formula is C33H28N6O11S3. The Balaban J connectivity index is 1.36. The van der Waals surface area contributed by atoms with E-state index in [4.69, 9.17) is 10.6 Å². The van der Waals surface area contributed by atoms with Crippen LogP contribution in [0.25, 0.3) is 10.8 Å². The predicted molar refractivity (Wildman–Crippen MR) is 194 cm³/mol. The maximum Gasteiger partial charge on any atom is 0.296 e. The van der Waals surface area contributed by atoms with Gasteiger partial charge in [-0.15, -0.1) is 5.11 Å². The minimum atomic E-state index is -4.91. The number of aromatic hydroxyl groups is 1. The number of benzene rings is 5. The van der Waals surface area contributed by atoms with Crippen molar-refractivity contribution in [3.63, 3.8) is 0 Å². The van der Waals surface area contributed by atoms with Crippen molar-refractivity contribution in [2.45, 2.75) is 22.6 Å². The van der Waals surface area contributed by atoms with Crippen LogP contribution in [-0.4, -0.2) is 51.1 Å². The van der Waals surface area contributed by atoms with Gasteiger partial charge >= 0.3 is 0 Å². The van der Waals surface area contributed by atoms with Crippen molar-refractivity contribution >= 4 is 80.9 Å². The Morgan fingerprint density at radius 2 is 1.40 bits per heavy atom. The summed E-state index contributed by atoms with van der Waals surface area (Å²) < 4.78 is 101. The molecule has 1 aliphatic rings. The van der Waals surface area contributed by atoms with Crippen LogP contribution >= 0.6 is 0 Å². The normalized spacial score (nSPS) is 13.8. The first-order valence-electron chi connectivity index (χ1n) is 15.1. The van der Waals surface area contributed by atoms with E-state index in [0.717, 1.165) is 6.07 Å². The molecule has 53 heavy (non-hydrogen) atoms. The quantitative estimate of drug-likeness (QED) is 0.0413. The van der Waals surface area contributed by atoms with E-state index >= 15 is 0 Å². The summed E-state index contributed by atoms with van der Waals surface area (Å²) in [5, 5.41) is 29.4. The van der Waals surface area contributed by atoms with Gasteiger partial charge in [0.05, 0.1) is 45.3 Å². The van der Waals surface area contributed by atoms with Crippen molar-refractivity contribution in [3.8, 4) is 5.75 Å². The monoisotopic (exact) mass is 780 g/mol. The zero-order chi connectivity index (χ0) is 38.3. The maximum atomic E-state index is 12.3. The van der Waals surface area contributed by atoms with Gasteiger partial charge in [0.25, 0.3) is 30.4 Å². The molecule has 0 spiro atoms. The van der Waals surface area contributed by atoms with Crippen LogP contribution in [0.1, 0.15) is 11.1 Å². The zero-order valence-electron chi connectivity index (χ0n) is 27.3. The van der Waals surface area contributed by atoms with Crippen LogP contribution in [-0.2, 0) is 48.0 Å². The number of anilines is 3. The molecule has 6 rings (SSSR count). The molecule has 0 aliphatic heterocycles. The van der Waals surface area contributed by atoms with Crippen LogP contribution in [0.4, 0.5) is 39.8 Å². The first-order chi connectivity index (χ1) is 24.9. The third kappa shape index (κ3) is 7.93. The van der Waals surface area contributed by atoms with Gasteiger partial charge in [-0.25, -0.2) is 5.06 Å². The lowest BCUT2D eigenvalue weighted by Crippen LogP contribution is -2.15. The number of nitrogens with two attached hydrogens (primary N) is 1. The van der Waals surface area contributed by atoms with Crippen molar-refractivity contribution in [2.24, 2.45) is 20.5 Å². The minimum absolute atomic E-state index is 0.0245. The van der Waals surface area contributed by atoms with Gasteiger partial charge < -0.3 is 10.8 Å². The third-order valence-corrected chi connectivity index (χ3v) is 10.8. The molecule has 5 aromatic carbocycles. The number of phenols is 1. The number of fused-ring (bicyclic) bond motifs is 2. The molecule has 0 aromatic heterocycles. The van der Waals surface area contributed by atoms with Crippen LogP contribution in [0.5, 0.6) is 5.75 Å². The van der Waals surface area contributed by atoms with Crippen molar-refractivity contribution in [2.75, 3.05) is 17.9 Å². The molecule has 0 saturated carbocycles. The Bertz CT molecular complexity index is 2720. The topological polar surface area (TPSA) is 271 Å². The minimum Gasteiger partial charge on any atom is -0.505 e. The number of hydrogen-bond donors (Lipinski definition) is 5. The summed E-state index contributed by atoms with van der Waals surface area (Å²) in [6.07, 6.45) is 0.944. The van der Waals surface area contributed by atoms with Crippen molar-refractivity contribution < 1.29 is 48.9 Å². The fraction of sp³-hybridized carbons (Fsp3) is 0.0909. The summed E-state index contributed by atoms with van der Waals surface area (Å²) in [7, 11) is -12.6. The Morgan fingerprint density at radius 3 is 2.04 bits per heavy atom. The van der Waals surface area contributed by atoms with E-state index in [1.807, 2.05) is 0 Å². The Labute approximate surface area is 302 Å². The highest BCUT2D eigenvalue weighted by atomic mass is 32.2. The summed E-state index contributed by atoms with van der Waals surface area (Å²) in [4.78, 5) is 4.05. The van der Waals surface area contributed by atoms with Crippen LogP contribution < -0.4 is 10.8 Å². The summed E-state index contributed by atoms with van der Waals surface area (Å²) in [6.45, 7) is 0. The molecule has 0 heterocycles. The van der Waals surface area contributed by atoms with Crippen LogP contribution in [0.2, 0.25) is 0 Å². The zero-order valence-corrected chi connectivity index (χ0v) is 29.7. The molecule has 0 radical (unpaired) electrons. The van der Waals surface area contributed by atoms with E-state index in [1.165, 1.54) is 66.8 Å². The molecule has 0 fully saturated rings. The smallest absolute Gasteiger partial charge is 0.296 e. The molecule has 0 atom stereocenters. The van der Waals surface area contributed by atoms with Gasteiger partial charge in [-0.3, -0.25) is 18.5 Å². The second-order valence-corrected chi connectivity index (χ2v) is 15.8.